The van der Waals surface area contributed by atoms with E-state index in [0.717, 1.165) is 22.5 Å². The van der Waals surface area contributed by atoms with Crippen LogP contribution in [0.4, 0.5) is 10.1 Å². The Morgan fingerprint density at radius 3 is 3.11 bits per heavy atom. The molecule has 1 aromatic rings. The Morgan fingerprint density at radius 2 is 2.28 bits per heavy atom. The SMILES string of the molecule is Cc1cc(NC2=NC3CCCC3CS2)ccc1F. The second kappa shape index (κ2) is 4.92. The van der Waals surface area contributed by atoms with Crippen LogP contribution in [0.5, 0.6) is 0 Å². The van der Waals surface area contributed by atoms with Crippen molar-refractivity contribution >= 4 is 22.6 Å². The monoisotopic (exact) mass is 264 g/mol. The van der Waals surface area contributed by atoms with Gasteiger partial charge in [-0.3, -0.25) is 4.99 Å². The second-order valence-corrected chi connectivity index (χ2v) is 6.10. The number of anilines is 1. The molecular formula is C14H17FN2S. The van der Waals surface area contributed by atoms with Crippen LogP contribution in [-0.4, -0.2) is 17.0 Å². The van der Waals surface area contributed by atoms with Crippen molar-refractivity contribution in [1.29, 1.82) is 0 Å². The van der Waals surface area contributed by atoms with Gasteiger partial charge in [0.1, 0.15) is 5.82 Å². The van der Waals surface area contributed by atoms with Crippen LogP contribution in [-0.2, 0) is 0 Å². The molecule has 1 N–H and O–H groups in total. The number of hydrogen-bond acceptors (Lipinski definition) is 3. The average molecular weight is 264 g/mol. The molecule has 2 unspecified atom stereocenters. The quantitative estimate of drug-likeness (QED) is 0.834. The maximum absolute atomic E-state index is 13.2. The van der Waals surface area contributed by atoms with Gasteiger partial charge < -0.3 is 5.32 Å². The van der Waals surface area contributed by atoms with Crippen LogP contribution >= 0.6 is 11.8 Å². The number of rotatable bonds is 1. The van der Waals surface area contributed by atoms with Crippen molar-refractivity contribution in [2.24, 2.45) is 10.9 Å². The lowest BCUT2D eigenvalue weighted by Crippen LogP contribution is -2.25. The van der Waals surface area contributed by atoms with E-state index in [2.05, 4.69) is 5.32 Å². The molecule has 2 nitrogen and oxygen atoms in total. The molecule has 0 bridgehead atoms. The van der Waals surface area contributed by atoms with E-state index in [-0.39, 0.29) is 5.82 Å². The second-order valence-electron chi connectivity index (χ2n) is 5.09. The molecule has 1 aliphatic carbocycles. The smallest absolute Gasteiger partial charge is 0.161 e. The Morgan fingerprint density at radius 1 is 1.39 bits per heavy atom. The van der Waals surface area contributed by atoms with Crippen molar-refractivity contribution < 1.29 is 4.39 Å². The van der Waals surface area contributed by atoms with Gasteiger partial charge >= 0.3 is 0 Å². The van der Waals surface area contributed by atoms with Gasteiger partial charge in [-0.2, -0.15) is 0 Å². The first-order valence-electron chi connectivity index (χ1n) is 6.46. The molecule has 3 rings (SSSR count). The summed E-state index contributed by atoms with van der Waals surface area (Å²) in [7, 11) is 0. The number of thioether (sulfide) groups is 1. The van der Waals surface area contributed by atoms with Crippen molar-refractivity contribution in [3.8, 4) is 0 Å². The summed E-state index contributed by atoms with van der Waals surface area (Å²) in [5.74, 6) is 1.78. The van der Waals surface area contributed by atoms with Crippen molar-refractivity contribution in [3.63, 3.8) is 0 Å². The van der Waals surface area contributed by atoms with Crippen LogP contribution in [0.2, 0.25) is 0 Å². The molecule has 1 heterocycles. The molecule has 2 aliphatic rings. The number of nitrogens with one attached hydrogen (secondary N) is 1. The Hall–Kier alpha value is -1.03. The summed E-state index contributed by atoms with van der Waals surface area (Å²) in [5.41, 5.74) is 1.59. The minimum absolute atomic E-state index is 0.158. The standard InChI is InChI=1S/C14H17FN2S/c1-9-7-11(5-6-12(9)15)16-14-17-13-4-2-3-10(13)8-18-14/h5-7,10,13H,2-4,8H2,1H3,(H,16,17). The normalized spacial score (nSPS) is 26.7. The third-order valence-electron chi connectivity index (χ3n) is 3.75. The highest BCUT2D eigenvalue weighted by Gasteiger charge is 2.30. The van der Waals surface area contributed by atoms with Crippen LogP contribution in [0.3, 0.4) is 0 Å². The molecule has 1 aromatic carbocycles. The fourth-order valence-electron chi connectivity index (χ4n) is 2.67. The summed E-state index contributed by atoms with van der Waals surface area (Å²) < 4.78 is 13.2. The molecule has 0 spiro atoms. The average Bonchev–Trinajstić information content (AvgIpc) is 2.81. The number of aliphatic imine (C=N–C) groups is 1. The summed E-state index contributed by atoms with van der Waals surface area (Å²) >= 11 is 1.79. The lowest BCUT2D eigenvalue weighted by Gasteiger charge is -2.23. The third kappa shape index (κ3) is 2.39. The Kier molecular flexibility index (Phi) is 3.29. The minimum atomic E-state index is -0.158. The van der Waals surface area contributed by atoms with E-state index >= 15 is 0 Å². The van der Waals surface area contributed by atoms with Crippen LogP contribution in [0.25, 0.3) is 0 Å². The molecule has 96 valence electrons. The number of benzene rings is 1. The summed E-state index contributed by atoms with van der Waals surface area (Å²) in [6.07, 6.45) is 3.85. The largest absolute Gasteiger partial charge is 0.335 e. The van der Waals surface area contributed by atoms with Gasteiger partial charge in [-0.25, -0.2) is 4.39 Å². The van der Waals surface area contributed by atoms with Gasteiger partial charge in [-0.05, 0) is 49.4 Å². The van der Waals surface area contributed by atoms with Gasteiger partial charge in [0.15, 0.2) is 5.17 Å². The summed E-state index contributed by atoms with van der Waals surface area (Å²) in [6, 6.07) is 5.62. The van der Waals surface area contributed by atoms with Crippen LogP contribution < -0.4 is 5.32 Å². The summed E-state index contributed by atoms with van der Waals surface area (Å²) in [4.78, 5) is 4.77. The first kappa shape index (κ1) is 12.0. The van der Waals surface area contributed by atoms with Crippen molar-refractivity contribution in [1.82, 2.24) is 0 Å². The van der Waals surface area contributed by atoms with Crippen LogP contribution in [0, 0.1) is 18.7 Å². The highest BCUT2D eigenvalue weighted by Crippen LogP contribution is 2.35. The van der Waals surface area contributed by atoms with Gasteiger partial charge in [0.25, 0.3) is 0 Å². The molecule has 1 fully saturated rings. The van der Waals surface area contributed by atoms with E-state index in [4.69, 9.17) is 4.99 Å². The summed E-state index contributed by atoms with van der Waals surface area (Å²) in [6.45, 7) is 1.78. The van der Waals surface area contributed by atoms with Gasteiger partial charge in [0, 0.05) is 11.4 Å². The highest BCUT2D eigenvalue weighted by atomic mass is 32.2. The van der Waals surface area contributed by atoms with Crippen molar-refractivity contribution in [2.75, 3.05) is 11.1 Å². The maximum Gasteiger partial charge on any atom is 0.161 e. The molecule has 18 heavy (non-hydrogen) atoms. The fourth-order valence-corrected chi connectivity index (χ4v) is 3.83. The third-order valence-corrected chi connectivity index (χ3v) is 4.82. The Bertz CT molecular complexity index is 487. The number of aryl methyl sites for hydroxylation is 1. The van der Waals surface area contributed by atoms with Crippen molar-refractivity contribution in [2.45, 2.75) is 32.2 Å². The predicted molar refractivity (Wildman–Crippen MR) is 75.8 cm³/mol. The van der Waals surface area contributed by atoms with Gasteiger partial charge in [-0.15, -0.1) is 0 Å². The fraction of sp³-hybridized carbons (Fsp3) is 0.500. The number of halogens is 1. The lowest BCUT2D eigenvalue weighted by atomic mass is 10.1. The van der Waals surface area contributed by atoms with Crippen LogP contribution in [0.15, 0.2) is 23.2 Å². The zero-order chi connectivity index (χ0) is 12.5. The lowest BCUT2D eigenvalue weighted by molar-refractivity contribution is 0.535. The maximum atomic E-state index is 13.2. The molecule has 0 saturated heterocycles. The van der Waals surface area contributed by atoms with E-state index in [1.54, 1.807) is 24.8 Å². The predicted octanol–water partition coefficient (Wildman–Crippen LogP) is 3.82. The first-order valence-corrected chi connectivity index (χ1v) is 7.45. The number of hydrogen-bond donors (Lipinski definition) is 1. The topological polar surface area (TPSA) is 24.4 Å². The minimum Gasteiger partial charge on any atom is -0.335 e. The van der Waals surface area contributed by atoms with Gasteiger partial charge in [-0.1, -0.05) is 18.2 Å². The van der Waals surface area contributed by atoms with Gasteiger partial charge in [0.05, 0.1) is 6.04 Å². The Balaban J connectivity index is 1.74. The molecule has 0 aromatic heterocycles. The molecule has 1 aliphatic heterocycles. The van der Waals surface area contributed by atoms with Gasteiger partial charge in [0.2, 0.25) is 0 Å². The molecule has 4 heteroatoms. The number of fused-ring (bicyclic) bond motifs is 1. The van der Waals surface area contributed by atoms with E-state index in [1.165, 1.54) is 25.3 Å². The van der Waals surface area contributed by atoms with E-state index in [0.29, 0.717) is 11.6 Å². The van der Waals surface area contributed by atoms with Crippen molar-refractivity contribution in [3.05, 3.63) is 29.6 Å². The molecule has 2 atom stereocenters. The first-order chi connectivity index (χ1) is 8.72. The summed E-state index contributed by atoms with van der Waals surface area (Å²) in [5, 5.41) is 4.30. The van der Waals surface area contributed by atoms with E-state index in [9.17, 15) is 4.39 Å². The highest BCUT2D eigenvalue weighted by molar-refractivity contribution is 8.14. The molecular weight excluding hydrogens is 247 g/mol. The molecule has 0 radical (unpaired) electrons. The van der Waals surface area contributed by atoms with Crippen LogP contribution in [0.1, 0.15) is 24.8 Å². The van der Waals surface area contributed by atoms with E-state index in [1.807, 2.05) is 6.07 Å². The van der Waals surface area contributed by atoms with E-state index < -0.39 is 0 Å². The molecule has 1 saturated carbocycles. The zero-order valence-electron chi connectivity index (χ0n) is 10.4. The zero-order valence-corrected chi connectivity index (χ0v) is 11.3. The molecule has 0 amide bonds. The Labute approximate surface area is 111 Å². The number of amidine groups is 1. The number of nitrogens with zero attached hydrogens (tertiary/aromatic N) is 1.